The van der Waals surface area contributed by atoms with Gasteiger partial charge in [-0.2, -0.15) is 5.21 Å². The molecule has 1 N–H and O–H groups in total. The summed E-state index contributed by atoms with van der Waals surface area (Å²) in [6.07, 6.45) is 3.38. The Bertz CT molecular complexity index is 1170. The van der Waals surface area contributed by atoms with Gasteiger partial charge in [0.25, 0.3) is 0 Å². The van der Waals surface area contributed by atoms with Gasteiger partial charge in [0.15, 0.2) is 5.82 Å². The van der Waals surface area contributed by atoms with Crippen molar-refractivity contribution in [3.63, 3.8) is 0 Å². The van der Waals surface area contributed by atoms with Crippen molar-refractivity contribution in [1.29, 1.82) is 0 Å². The highest BCUT2D eigenvalue weighted by Crippen LogP contribution is 2.29. The first kappa shape index (κ1) is 28.5. The zero-order valence-corrected chi connectivity index (χ0v) is 22.7. The number of rotatable bonds is 11. The van der Waals surface area contributed by atoms with Crippen LogP contribution < -0.4 is 4.74 Å². The zero-order valence-electron chi connectivity index (χ0n) is 22.7. The van der Waals surface area contributed by atoms with Crippen LogP contribution in [0, 0.1) is 0 Å². The fraction of sp³-hybridized carbons (Fsp3) is 0.367. The van der Waals surface area contributed by atoms with E-state index in [0.717, 1.165) is 47.5 Å². The number of tetrazole rings is 1. The second-order valence-corrected chi connectivity index (χ2v) is 9.39. The van der Waals surface area contributed by atoms with Gasteiger partial charge in [0, 0.05) is 23.5 Å². The number of hydrogen-bond donors (Lipinski definition) is 1. The monoisotopic (exact) mass is 515 g/mol. The molecule has 2 aromatic carbocycles. The van der Waals surface area contributed by atoms with Crippen molar-refractivity contribution < 1.29 is 14.3 Å². The number of H-pyrrole nitrogens is 1. The van der Waals surface area contributed by atoms with Crippen LogP contribution in [0.5, 0.6) is 5.88 Å². The van der Waals surface area contributed by atoms with Crippen LogP contribution >= 0.6 is 0 Å². The Hall–Kier alpha value is -4.07. The number of ether oxygens (including phenoxy) is 2. The van der Waals surface area contributed by atoms with E-state index in [2.05, 4.69) is 69.5 Å². The highest BCUT2D eigenvalue weighted by Gasteiger charge is 2.24. The average molecular weight is 516 g/mol. The van der Waals surface area contributed by atoms with Crippen molar-refractivity contribution in [2.24, 2.45) is 0 Å². The Morgan fingerprint density at radius 3 is 2.16 bits per heavy atom. The van der Waals surface area contributed by atoms with Crippen LogP contribution in [0.2, 0.25) is 0 Å². The molecule has 2 heterocycles. The molecule has 0 saturated carbocycles. The van der Waals surface area contributed by atoms with Gasteiger partial charge in [-0.25, -0.2) is 4.98 Å². The summed E-state index contributed by atoms with van der Waals surface area (Å²) in [6.45, 7) is 8.95. The molecule has 2 aromatic heterocycles. The van der Waals surface area contributed by atoms with E-state index < -0.39 is 0 Å². The summed E-state index contributed by atoms with van der Waals surface area (Å²) >= 11 is 0. The number of benzene rings is 2. The van der Waals surface area contributed by atoms with Crippen LogP contribution in [0.25, 0.3) is 22.4 Å². The smallest absolute Gasteiger partial charge is 0.305 e. The maximum absolute atomic E-state index is 10.2. The minimum atomic E-state index is -0.123. The van der Waals surface area contributed by atoms with Crippen LogP contribution in [0.1, 0.15) is 59.2 Å². The van der Waals surface area contributed by atoms with E-state index in [1.165, 1.54) is 0 Å². The topological polar surface area (TPSA) is 103 Å². The Kier molecular flexibility index (Phi) is 11.0. The molecule has 38 heavy (non-hydrogen) atoms. The number of carbonyl (C=O) groups is 1. The molecule has 200 valence electrons. The molecule has 4 rings (SSSR count). The van der Waals surface area contributed by atoms with Gasteiger partial charge in [-0.15, -0.1) is 10.2 Å². The third kappa shape index (κ3) is 8.80. The highest BCUT2D eigenvalue weighted by atomic mass is 16.5. The first-order valence-corrected chi connectivity index (χ1v) is 13.1. The molecule has 0 aliphatic rings. The minimum Gasteiger partial charge on any atom is -0.478 e. The molecule has 0 atom stereocenters. The normalized spacial score (nSPS) is 10.8. The summed E-state index contributed by atoms with van der Waals surface area (Å²) in [5, 5.41) is 14.4. The molecule has 0 amide bonds. The average Bonchev–Trinajstić information content (AvgIpc) is 3.51. The molecule has 0 spiro atoms. The number of nitrogens with zero attached hydrogens (tertiary/aromatic N) is 4. The number of esters is 1. The number of carbonyl (C=O) groups excluding carboxylic acids is 1. The summed E-state index contributed by atoms with van der Waals surface area (Å²) < 4.78 is 10.6. The predicted molar refractivity (Wildman–Crippen MR) is 149 cm³/mol. The number of hydrogen-bond acceptors (Lipinski definition) is 7. The predicted octanol–water partition coefficient (Wildman–Crippen LogP) is 6.42. The number of unbranched alkanes of at least 4 members (excludes halogenated alkanes) is 1. The van der Waals surface area contributed by atoms with Crippen molar-refractivity contribution in [3.05, 3.63) is 78.6 Å². The zero-order chi connectivity index (χ0) is 27.2. The van der Waals surface area contributed by atoms with Crippen LogP contribution in [0.15, 0.2) is 72.8 Å². The van der Waals surface area contributed by atoms with Crippen LogP contribution in [-0.4, -0.2) is 44.8 Å². The molecule has 0 radical (unpaired) electrons. The lowest BCUT2D eigenvalue weighted by atomic mass is 9.86. The van der Waals surface area contributed by atoms with Gasteiger partial charge in [0.2, 0.25) is 5.88 Å². The van der Waals surface area contributed by atoms with Gasteiger partial charge in [-0.3, -0.25) is 4.79 Å². The first-order valence-electron chi connectivity index (χ1n) is 13.1. The Balaban J connectivity index is 0.000000505. The van der Waals surface area contributed by atoms with E-state index in [9.17, 15) is 4.79 Å². The molecule has 4 aromatic rings. The standard InChI is InChI=1S/C25H27N5O.C5H10O2/c1-25(2,24-27-29-30-28-24)15-9-10-16-31-23-18-21(19-11-5-3-6-12-19)17-22(26-23)20-13-7-4-8-14-20;1-3-5(6)7-4-2/h3-8,11-14,17-18H,9-10,15-16H2,1-2H3,(H,27,28,29,30);3-4H2,1-2H3. The number of nitrogens with one attached hydrogen (secondary N) is 1. The largest absolute Gasteiger partial charge is 0.478 e. The lowest BCUT2D eigenvalue weighted by Crippen LogP contribution is -2.19. The van der Waals surface area contributed by atoms with Crippen LogP contribution in [-0.2, 0) is 14.9 Å². The van der Waals surface area contributed by atoms with Crippen molar-refractivity contribution in [3.8, 4) is 28.3 Å². The fourth-order valence-electron chi connectivity index (χ4n) is 3.80. The number of aromatic nitrogens is 5. The summed E-state index contributed by atoms with van der Waals surface area (Å²) in [5.41, 5.74) is 4.12. The SMILES string of the molecule is CC(C)(CCCCOc1cc(-c2ccccc2)cc(-c2ccccc2)n1)c1nn[nH]n1.CCOC(=O)CC. The van der Waals surface area contributed by atoms with Gasteiger partial charge in [0.1, 0.15) is 0 Å². The van der Waals surface area contributed by atoms with Gasteiger partial charge in [-0.1, -0.05) is 86.6 Å². The summed E-state index contributed by atoms with van der Waals surface area (Å²) in [5.74, 6) is 1.28. The van der Waals surface area contributed by atoms with Gasteiger partial charge in [0.05, 0.1) is 18.9 Å². The molecular weight excluding hydrogens is 478 g/mol. The lowest BCUT2D eigenvalue weighted by Gasteiger charge is -2.19. The highest BCUT2D eigenvalue weighted by molar-refractivity contribution is 5.71. The second kappa shape index (κ2) is 14.6. The van der Waals surface area contributed by atoms with E-state index in [-0.39, 0.29) is 11.4 Å². The molecule has 0 unspecified atom stereocenters. The third-order valence-corrected chi connectivity index (χ3v) is 5.97. The molecular formula is C30H37N5O3. The molecule has 0 fully saturated rings. The number of aromatic amines is 1. The Morgan fingerprint density at radius 1 is 0.895 bits per heavy atom. The second-order valence-electron chi connectivity index (χ2n) is 9.39. The molecule has 8 nitrogen and oxygen atoms in total. The Morgan fingerprint density at radius 2 is 1.58 bits per heavy atom. The maximum Gasteiger partial charge on any atom is 0.305 e. The van der Waals surface area contributed by atoms with Gasteiger partial charge < -0.3 is 9.47 Å². The molecule has 0 aliphatic heterocycles. The summed E-state index contributed by atoms with van der Waals surface area (Å²) in [4.78, 5) is 15.0. The van der Waals surface area contributed by atoms with E-state index in [1.54, 1.807) is 13.8 Å². The van der Waals surface area contributed by atoms with E-state index in [4.69, 9.17) is 9.72 Å². The molecule has 0 aliphatic carbocycles. The molecule has 0 bridgehead atoms. The van der Waals surface area contributed by atoms with E-state index in [1.807, 2.05) is 42.5 Å². The number of pyridine rings is 1. The lowest BCUT2D eigenvalue weighted by molar-refractivity contribution is -0.142. The van der Waals surface area contributed by atoms with Gasteiger partial charge in [-0.05, 0) is 43.4 Å². The quantitative estimate of drug-likeness (QED) is 0.182. The fourth-order valence-corrected chi connectivity index (χ4v) is 3.80. The van der Waals surface area contributed by atoms with E-state index in [0.29, 0.717) is 25.5 Å². The van der Waals surface area contributed by atoms with Crippen LogP contribution in [0.4, 0.5) is 0 Å². The van der Waals surface area contributed by atoms with E-state index >= 15 is 0 Å². The van der Waals surface area contributed by atoms with Crippen LogP contribution in [0.3, 0.4) is 0 Å². The van der Waals surface area contributed by atoms with Crippen molar-refractivity contribution in [1.82, 2.24) is 25.6 Å². The first-order chi connectivity index (χ1) is 18.4. The Labute approximate surface area is 224 Å². The van der Waals surface area contributed by atoms with Gasteiger partial charge >= 0.3 is 5.97 Å². The van der Waals surface area contributed by atoms with Crippen molar-refractivity contribution in [2.45, 2.75) is 58.8 Å². The maximum atomic E-state index is 10.2. The minimum absolute atomic E-state index is 0.112. The summed E-state index contributed by atoms with van der Waals surface area (Å²) in [6, 6.07) is 24.7. The van der Waals surface area contributed by atoms with Crippen molar-refractivity contribution >= 4 is 5.97 Å². The third-order valence-electron chi connectivity index (χ3n) is 5.97. The summed E-state index contributed by atoms with van der Waals surface area (Å²) in [7, 11) is 0. The molecule has 8 heteroatoms. The molecule has 0 saturated heterocycles. The van der Waals surface area contributed by atoms with Crippen molar-refractivity contribution in [2.75, 3.05) is 13.2 Å².